The molecule has 1 atom stereocenters. The molecule has 1 aliphatic heterocycles. The van der Waals surface area contributed by atoms with E-state index in [1.807, 2.05) is 0 Å². The van der Waals surface area contributed by atoms with E-state index in [1.54, 1.807) is 0 Å². The van der Waals surface area contributed by atoms with Gasteiger partial charge in [0.15, 0.2) is 0 Å². The molecule has 2 heteroatoms. The molecule has 1 rings (SSSR count). The third-order valence-corrected chi connectivity index (χ3v) is 3.94. The number of hydrogen-bond acceptors (Lipinski definition) is 2. The van der Waals surface area contributed by atoms with Crippen molar-refractivity contribution >= 4 is 0 Å². The van der Waals surface area contributed by atoms with Gasteiger partial charge in [0, 0.05) is 6.04 Å². The minimum absolute atomic E-state index is 0.580. The van der Waals surface area contributed by atoms with E-state index < -0.39 is 0 Å². The van der Waals surface area contributed by atoms with Crippen LogP contribution in [0.4, 0.5) is 0 Å². The number of likely N-dealkylation sites (tertiary alicyclic amines) is 1. The van der Waals surface area contributed by atoms with Crippen LogP contribution < -0.4 is 5.32 Å². The van der Waals surface area contributed by atoms with E-state index in [0.29, 0.717) is 5.41 Å². The van der Waals surface area contributed by atoms with Gasteiger partial charge in [-0.1, -0.05) is 20.8 Å². The highest BCUT2D eigenvalue weighted by Gasteiger charge is 2.27. The van der Waals surface area contributed by atoms with Gasteiger partial charge in [-0.05, 0) is 64.2 Å². The van der Waals surface area contributed by atoms with Crippen LogP contribution in [0.2, 0.25) is 0 Å². The summed E-state index contributed by atoms with van der Waals surface area (Å²) < 4.78 is 0. The smallest absolute Gasteiger partial charge is 0.00790 e. The van der Waals surface area contributed by atoms with Crippen molar-refractivity contribution in [2.45, 2.75) is 59.4 Å². The fraction of sp³-hybridized carbons (Fsp3) is 1.00. The zero-order valence-electron chi connectivity index (χ0n) is 11.7. The lowest BCUT2D eigenvalue weighted by Gasteiger charge is -2.40. The molecule has 0 aromatic heterocycles. The maximum atomic E-state index is 3.49. The maximum absolute atomic E-state index is 3.49. The highest BCUT2D eigenvalue weighted by molar-refractivity contribution is 4.81. The van der Waals surface area contributed by atoms with Gasteiger partial charge in [0.2, 0.25) is 0 Å². The maximum Gasteiger partial charge on any atom is 0.00790 e. The molecule has 1 heterocycles. The molecule has 0 radical (unpaired) electrons. The largest absolute Gasteiger partial charge is 0.317 e. The highest BCUT2D eigenvalue weighted by Crippen LogP contribution is 2.30. The minimum Gasteiger partial charge on any atom is -0.317 e. The van der Waals surface area contributed by atoms with Crippen LogP contribution in [0.3, 0.4) is 0 Å². The molecular formula is C14H30N2. The first-order valence-corrected chi connectivity index (χ1v) is 7.00. The molecule has 96 valence electrons. The van der Waals surface area contributed by atoms with Crippen molar-refractivity contribution in [2.75, 3.05) is 26.2 Å². The van der Waals surface area contributed by atoms with Crippen LogP contribution in [-0.2, 0) is 0 Å². The summed E-state index contributed by atoms with van der Waals surface area (Å²) in [6.45, 7) is 14.3. The van der Waals surface area contributed by atoms with Crippen molar-refractivity contribution in [3.63, 3.8) is 0 Å². The number of nitrogens with one attached hydrogen (secondary N) is 1. The zero-order chi connectivity index (χ0) is 12.0. The van der Waals surface area contributed by atoms with E-state index >= 15 is 0 Å². The molecule has 0 amide bonds. The van der Waals surface area contributed by atoms with E-state index in [1.165, 1.54) is 51.9 Å². The second kappa shape index (κ2) is 6.61. The summed E-state index contributed by atoms with van der Waals surface area (Å²) in [6, 6.07) is 0.750. The molecule has 1 unspecified atom stereocenters. The first-order valence-electron chi connectivity index (χ1n) is 7.00. The second-order valence-corrected chi connectivity index (χ2v) is 6.09. The van der Waals surface area contributed by atoms with Crippen molar-refractivity contribution in [1.82, 2.24) is 10.2 Å². The first-order chi connectivity index (χ1) is 7.55. The monoisotopic (exact) mass is 226 g/mol. The Bertz CT molecular complexity index is 179. The van der Waals surface area contributed by atoms with Crippen molar-refractivity contribution in [2.24, 2.45) is 5.41 Å². The predicted octanol–water partition coefficient (Wildman–Crippen LogP) is 2.89. The molecule has 1 N–H and O–H groups in total. The van der Waals surface area contributed by atoms with Crippen LogP contribution >= 0.6 is 0 Å². The standard InChI is InChI=1S/C14H30N2/c1-5-9-15-10-6-13(2)16-11-7-14(3,4)8-12-16/h13,15H,5-12H2,1-4H3. The minimum atomic E-state index is 0.580. The van der Waals surface area contributed by atoms with Gasteiger partial charge in [-0.3, -0.25) is 0 Å². The van der Waals surface area contributed by atoms with Crippen molar-refractivity contribution in [3.8, 4) is 0 Å². The number of rotatable bonds is 6. The van der Waals surface area contributed by atoms with Gasteiger partial charge in [-0.15, -0.1) is 0 Å². The summed E-state index contributed by atoms with van der Waals surface area (Å²) in [5.41, 5.74) is 0.580. The summed E-state index contributed by atoms with van der Waals surface area (Å²) in [5.74, 6) is 0. The third kappa shape index (κ3) is 4.84. The predicted molar refractivity (Wildman–Crippen MR) is 71.8 cm³/mol. The molecule has 0 bridgehead atoms. The van der Waals surface area contributed by atoms with Gasteiger partial charge in [-0.2, -0.15) is 0 Å². The topological polar surface area (TPSA) is 15.3 Å². The van der Waals surface area contributed by atoms with Crippen molar-refractivity contribution < 1.29 is 0 Å². The van der Waals surface area contributed by atoms with Gasteiger partial charge in [0.05, 0.1) is 0 Å². The Kier molecular flexibility index (Phi) is 5.77. The van der Waals surface area contributed by atoms with Crippen molar-refractivity contribution in [1.29, 1.82) is 0 Å². The van der Waals surface area contributed by atoms with Crippen LogP contribution in [0, 0.1) is 5.41 Å². The average molecular weight is 226 g/mol. The Morgan fingerprint density at radius 1 is 1.19 bits per heavy atom. The Balaban J connectivity index is 2.15. The normalized spacial score (nSPS) is 23.2. The lowest BCUT2D eigenvalue weighted by molar-refractivity contribution is 0.0968. The number of hydrogen-bond donors (Lipinski definition) is 1. The van der Waals surface area contributed by atoms with E-state index in [-0.39, 0.29) is 0 Å². The Morgan fingerprint density at radius 2 is 1.81 bits per heavy atom. The summed E-state index contributed by atoms with van der Waals surface area (Å²) >= 11 is 0. The molecule has 16 heavy (non-hydrogen) atoms. The molecule has 0 aliphatic carbocycles. The van der Waals surface area contributed by atoms with Gasteiger partial charge in [0.1, 0.15) is 0 Å². The van der Waals surface area contributed by atoms with Crippen LogP contribution in [-0.4, -0.2) is 37.1 Å². The quantitative estimate of drug-likeness (QED) is 0.701. The van der Waals surface area contributed by atoms with E-state index in [4.69, 9.17) is 0 Å². The fourth-order valence-corrected chi connectivity index (χ4v) is 2.37. The molecule has 2 nitrogen and oxygen atoms in total. The molecular weight excluding hydrogens is 196 g/mol. The van der Waals surface area contributed by atoms with Gasteiger partial charge >= 0.3 is 0 Å². The number of nitrogens with zero attached hydrogens (tertiary/aromatic N) is 1. The van der Waals surface area contributed by atoms with Gasteiger partial charge in [-0.25, -0.2) is 0 Å². The molecule has 1 fully saturated rings. The Morgan fingerprint density at radius 3 is 2.38 bits per heavy atom. The first kappa shape index (κ1) is 14.0. The Labute approximate surface area is 102 Å². The fourth-order valence-electron chi connectivity index (χ4n) is 2.37. The third-order valence-electron chi connectivity index (χ3n) is 3.94. The van der Waals surface area contributed by atoms with E-state index in [9.17, 15) is 0 Å². The second-order valence-electron chi connectivity index (χ2n) is 6.09. The lowest BCUT2D eigenvalue weighted by atomic mass is 9.82. The van der Waals surface area contributed by atoms with E-state index in [2.05, 4.69) is 37.9 Å². The summed E-state index contributed by atoms with van der Waals surface area (Å²) in [4.78, 5) is 2.67. The molecule has 0 saturated carbocycles. The summed E-state index contributed by atoms with van der Waals surface area (Å²) in [7, 11) is 0. The van der Waals surface area contributed by atoms with Crippen LogP contribution in [0.25, 0.3) is 0 Å². The molecule has 0 aromatic rings. The molecule has 1 saturated heterocycles. The molecule has 0 aromatic carbocycles. The summed E-state index contributed by atoms with van der Waals surface area (Å²) in [6.07, 6.45) is 5.26. The SMILES string of the molecule is CCCNCCC(C)N1CCC(C)(C)CC1. The summed E-state index contributed by atoms with van der Waals surface area (Å²) in [5, 5.41) is 3.49. The lowest BCUT2D eigenvalue weighted by Crippen LogP contribution is -2.43. The van der Waals surface area contributed by atoms with Crippen molar-refractivity contribution in [3.05, 3.63) is 0 Å². The van der Waals surface area contributed by atoms with Gasteiger partial charge < -0.3 is 10.2 Å². The Hall–Kier alpha value is -0.0800. The van der Waals surface area contributed by atoms with E-state index in [0.717, 1.165) is 6.04 Å². The van der Waals surface area contributed by atoms with Crippen LogP contribution in [0.5, 0.6) is 0 Å². The molecule has 0 spiro atoms. The highest BCUT2D eigenvalue weighted by atomic mass is 15.2. The molecule has 1 aliphatic rings. The number of piperidine rings is 1. The van der Waals surface area contributed by atoms with Crippen LogP contribution in [0.1, 0.15) is 53.4 Å². The van der Waals surface area contributed by atoms with Gasteiger partial charge in [0.25, 0.3) is 0 Å². The average Bonchev–Trinajstić information content (AvgIpc) is 2.24. The zero-order valence-corrected chi connectivity index (χ0v) is 11.7. The van der Waals surface area contributed by atoms with Crippen LogP contribution in [0.15, 0.2) is 0 Å².